The first kappa shape index (κ1) is 26.8. The number of ether oxygens (including phenoxy) is 5. The zero-order valence-corrected chi connectivity index (χ0v) is 21.4. The van der Waals surface area contributed by atoms with Crippen molar-refractivity contribution in [2.24, 2.45) is 0 Å². The van der Waals surface area contributed by atoms with Crippen molar-refractivity contribution in [2.45, 2.75) is 33.3 Å². The summed E-state index contributed by atoms with van der Waals surface area (Å²) in [6, 6.07) is 23.1. The van der Waals surface area contributed by atoms with Gasteiger partial charge in [-0.05, 0) is 92.1 Å². The third kappa shape index (κ3) is 8.17. The molecule has 0 spiro atoms. The molecule has 0 saturated heterocycles. The van der Waals surface area contributed by atoms with Crippen LogP contribution in [0.1, 0.15) is 31.9 Å². The van der Waals surface area contributed by atoms with E-state index in [0.717, 1.165) is 39.7 Å². The van der Waals surface area contributed by atoms with Crippen LogP contribution in [0, 0.1) is 0 Å². The highest BCUT2D eigenvalue weighted by Crippen LogP contribution is 2.25. The van der Waals surface area contributed by atoms with Crippen molar-refractivity contribution in [3.05, 3.63) is 90.0 Å². The van der Waals surface area contributed by atoms with Gasteiger partial charge >= 0.3 is 5.97 Å². The van der Waals surface area contributed by atoms with Gasteiger partial charge in [0, 0.05) is 13.0 Å². The Morgan fingerprint density at radius 3 is 1.97 bits per heavy atom. The van der Waals surface area contributed by atoms with Gasteiger partial charge in [0.25, 0.3) is 0 Å². The number of hydrogen-bond acceptors (Lipinski definition) is 6. The van der Waals surface area contributed by atoms with Gasteiger partial charge < -0.3 is 23.7 Å². The van der Waals surface area contributed by atoms with Crippen LogP contribution in [0.25, 0.3) is 5.57 Å². The van der Waals surface area contributed by atoms with Crippen molar-refractivity contribution < 1.29 is 28.5 Å². The summed E-state index contributed by atoms with van der Waals surface area (Å²) in [5.74, 6) is 2.74. The fourth-order valence-electron chi connectivity index (χ4n) is 3.53. The van der Waals surface area contributed by atoms with Crippen molar-refractivity contribution in [1.29, 1.82) is 0 Å². The van der Waals surface area contributed by atoms with Gasteiger partial charge in [-0.1, -0.05) is 24.3 Å². The average molecular weight is 491 g/mol. The van der Waals surface area contributed by atoms with E-state index in [-0.39, 0.29) is 5.97 Å². The van der Waals surface area contributed by atoms with E-state index < -0.39 is 6.10 Å². The molecule has 0 heterocycles. The summed E-state index contributed by atoms with van der Waals surface area (Å²) in [4.78, 5) is 12.1. The molecule has 6 heteroatoms. The molecule has 0 radical (unpaired) electrons. The summed E-state index contributed by atoms with van der Waals surface area (Å²) in [5, 5.41) is 0. The number of esters is 1. The molecule has 0 bridgehead atoms. The number of allylic oxidation sites excluding steroid dienone is 1. The summed E-state index contributed by atoms with van der Waals surface area (Å²) in [7, 11) is 1.64. The molecule has 0 N–H and O–H groups in total. The van der Waals surface area contributed by atoms with Crippen molar-refractivity contribution in [1.82, 2.24) is 0 Å². The number of hydrogen-bond donors (Lipinski definition) is 0. The molecule has 3 rings (SSSR count). The Morgan fingerprint density at radius 2 is 1.39 bits per heavy atom. The normalized spacial score (nSPS) is 12.1. The fourth-order valence-corrected chi connectivity index (χ4v) is 3.53. The second-order valence-electron chi connectivity index (χ2n) is 8.04. The van der Waals surface area contributed by atoms with Crippen LogP contribution in [-0.4, -0.2) is 39.0 Å². The van der Waals surface area contributed by atoms with E-state index in [1.165, 1.54) is 0 Å². The summed E-state index contributed by atoms with van der Waals surface area (Å²) >= 11 is 0. The van der Waals surface area contributed by atoms with Gasteiger partial charge in [0.1, 0.15) is 29.6 Å². The number of rotatable bonds is 13. The Morgan fingerprint density at radius 1 is 0.806 bits per heavy atom. The van der Waals surface area contributed by atoms with Crippen molar-refractivity contribution in [2.75, 3.05) is 26.9 Å². The Balaban J connectivity index is 1.50. The largest absolute Gasteiger partial charge is 0.497 e. The first-order valence-electron chi connectivity index (χ1n) is 12.1. The van der Waals surface area contributed by atoms with E-state index in [4.69, 9.17) is 23.7 Å². The first-order valence-corrected chi connectivity index (χ1v) is 12.1. The lowest BCUT2D eigenvalue weighted by Gasteiger charge is -2.15. The quantitative estimate of drug-likeness (QED) is 0.256. The maximum absolute atomic E-state index is 12.1. The van der Waals surface area contributed by atoms with Crippen LogP contribution in [0.3, 0.4) is 0 Å². The molecule has 0 fully saturated rings. The van der Waals surface area contributed by atoms with Gasteiger partial charge in [-0.15, -0.1) is 0 Å². The molecule has 0 aliphatic heterocycles. The molecule has 3 aromatic carbocycles. The molecule has 0 aliphatic rings. The lowest BCUT2D eigenvalue weighted by Crippen LogP contribution is -2.28. The highest BCUT2D eigenvalue weighted by molar-refractivity contribution is 5.75. The lowest BCUT2D eigenvalue weighted by atomic mass is 10.1. The minimum absolute atomic E-state index is 0.333. The highest BCUT2D eigenvalue weighted by atomic mass is 16.6. The van der Waals surface area contributed by atoms with E-state index in [2.05, 4.69) is 6.92 Å². The number of benzene rings is 3. The standard InChI is InChI=1S/C30H34O6/c1-5-33-29(30(31)34-6-2)21-23-7-11-26(12-8-23)35-20-19-22(3)24-9-13-27(14-10-24)36-28-17-15-25(32-4)16-18-28/h7-19,29H,5-6,20-21H2,1-4H3/t29-/m0/s1. The smallest absolute Gasteiger partial charge is 0.335 e. The maximum Gasteiger partial charge on any atom is 0.335 e. The maximum atomic E-state index is 12.1. The fraction of sp³-hybridized carbons (Fsp3) is 0.300. The monoisotopic (exact) mass is 490 g/mol. The van der Waals surface area contributed by atoms with E-state index in [1.54, 1.807) is 14.0 Å². The van der Waals surface area contributed by atoms with Gasteiger partial charge in [-0.25, -0.2) is 4.79 Å². The summed E-state index contributed by atoms with van der Waals surface area (Å²) in [6.45, 7) is 6.94. The van der Waals surface area contributed by atoms with Gasteiger partial charge in [-0.2, -0.15) is 0 Å². The van der Waals surface area contributed by atoms with Crippen LogP contribution < -0.4 is 14.2 Å². The summed E-state index contributed by atoms with van der Waals surface area (Å²) in [5.41, 5.74) is 3.19. The Kier molecular flexibility index (Phi) is 10.4. The molecule has 0 saturated carbocycles. The van der Waals surface area contributed by atoms with E-state index in [1.807, 2.05) is 85.8 Å². The topological polar surface area (TPSA) is 63.2 Å². The van der Waals surface area contributed by atoms with Crippen molar-refractivity contribution in [3.8, 4) is 23.0 Å². The molecule has 0 aromatic heterocycles. The van der Waals surface area contributed by atoms with Gasteiger partial charge in [0.15, 0.2) is 6.10 Å². The Labute approximate surface area is 213 Å². The zero-order chi connectivity index (χ0) is 25.8. The molecule has 0 unspecified atom stereocenters. The average Bonchev–Trinajstić information content (AvgIpc) is 2.90. The van der Waals surface area contributed by atoms with Crippen molar-refractivity contribution in [3.63, 3.8) is 0 Å². The third-order valence-electron chi connectivity index (χ3n) is 5.51. The van der Waals surface area contributed by atoms with Crippen LogP contribution in [0.15, 0.2) is 78.9 Å². The molecular formula is C30H34O6. The van der Waals surface area contributed by atoms with Crippen LogP contribution in [-0.2, 0) is 20.7 Å². The molecule has 190 valence electrons. The Hall–Kier alpha value is -3.77. The predicted molar refractivity (Wildman–Crippen MR) is 141 cm³/mol. The number of methoxy groups -OCH3 is 1. The second-order valence-corrected chi connectivity index (χ2v) is 8.04. The lowest BCUT2D eigenvalue weighted by molar-refractivity contribution is -0.156. The minimum Gasteiger partial charge on any atom is -0.497 e. The summed E-state index contributed by atoms with van der Waals surface area (Å²) in [6.07, 6.45) is 1.91. The zero-order valence-electron chi connectivity index (χ0n) is 21.4. The van der Waals surface area contributed by atoms with E-state index in [9.17, 15) is 4.79 Å². The second kappa shape index (κ2) is 14.0. The van der Waals surface area contributed by atoms with Crippen LogP contribution >= 0.6 is 0 Å². The van der Waals surface area contributed by atoms with Crippen LogP contribution in [0.2, 0.25) is 0 Å². The predicted octanol–water partition coefficient (Wildman–Crippen LogP) is 6.48. The molecule has 3 aromatic rings. The van der Waals surface area contributed by atoms with Crippen molar-refractivity contribution >= 4 is 11.5 Å². The molecule has 6 nitrogen and oxygen atoms in total. The molecular weight excluding hydrogens is 456 g/mol. The Bertz CT molecular complexity index is 1100. The minimum atomic E-state index is -0.597. The SMILES string of the molecule is CCOC(=O)[C@H](Cc1ccc(OCC=C(C)c2ccc(Oc3ccc(OC)cc3)cc2)cc1)OCC. The first-order chi connectivity index (χ1) is 17.5. The van der Waals surface area contributed by atoms with E-state index >= 15 is 0 Å². The van der Waals surface area contributed by atoms with Gasteiger partial charge in [0.05, 0.1) is 13.7 Å². The molecule has 0 aliphatic carbocycles. The molecule has 0 amide bonds. The van der Waals surface area contributed by atoms with Crippen LogP contribution in [0.4, 0.5) is 0 Å². The molecule has 1 atom stereocenters. The van der Waals surface area contributed by atoms with Gasteiger partial charge in [-0.3, -0.25) is 0 Å². The number of carbonyl (C=O) groups is 1. The number of carbonyl (C=O) groups excluding carboxylic acids is 1. The van der Waals surface area contributed by atoms with Crippen LogP contribution in [0.5, 0.6) is 23.0 Å². The van der Waals surface area contributed by atoms with E-state index in [0.29, 0.717) is 26.2 Å². The van der Waals surface area contributed by atoms with Gasteiger partial charge in [0.2, 0.25) is 0 Å². The molecule has 36 heavy (non-hydrogen) atoms. The highest BCUT2D eigenvalue weighted by Gasteiger charge is 2.20. The summed E-state index contributed by atoms with van der Waals surface area (Å²) < 4.78 is 27.6. The third-order valence-corrected chi connectivity index (χ3v) is 5.51.